The second-order valence-electron chi connectivity index (χ2n) is 4.27. The minimum Gasteiger partial charge on any atom is -0.423 e. The molecule has 1 atom stereocenters. The lowest BCUT2D eigenvalue weighted by molar-refractivity contribution is 0.524. The highest BCUT2D eigenvalue weighted by atomic mass is 16.4. The van der Waals surface area contributed by atoms with Crippen molar-refractivity contribution >= 4 is 22.8 Å². The van der Waals surface area contributed by atoms with Crippen LogP contribution in [0.25, 0.3) is 11.1 Å². The molecule has 1 aromatic heterocycles. The molecule has 1 unspecified atom stereocenters. The third-order valence-corrected chi connectivity index (χ3v) is 3.11. The van der Waals surface area contributed by atoms with Crippen molar-refractivity contribution in [1.29, 1.82) is 0 Å². The van der Waals surface area contributed by atoms with Crippen molar-refractivity contribution in [3.8, 4) is 0 Å². The summed E-state index contributed by atoms with van der Waals surface area (Å²) in [5, 5.41) is 0. The van der Waals surface area contributed by atoms with Gasteiger partial charge in [0.2, 0.25) is 0 Å². The quantitative estimate of drug-likeness (QED) is 0.825. The van der Waals surface area contributed by atoms with Gasteiger partial charge in [-0.2, -0.15) is 4.98 Å². The number of rotatable bonds is 4. The van der Waals surface area contributed by atoms with Crippen LogP contribution >= 0.6 is 0 Å². The molecule has 4 nitrogen and oxygen atoms in total. The Morgan fingerprint density at radius 3 is 2.82 bits per heavy atom. The number of nitrogen functional groups attached to an aromatic ring is 1. The highest BCUT2D eigenvalue weighted by Gasteiger charge is 2.17. The van der Waals surface area contributed by atoms with Crippen molar-refractivity contribution in [1.82, 2.24) is 4.98 Å². The van der Waals surface area contributed by atoms with Crippen LogP contribution in [0, 0.1) is 0 Å². The van der Waals surface area contributed by atoms with Crippen molar-refractivity contribution < 1.29 is 4.42 Å². The Morgan fingerprint density at radius 1 is 1.41 bits per heavy atom. The Morgan fingerprint density at radius 2 is 2.18 bits per heavy atom. The van der Waals surface area contributed by atoms with Gasteiger partial charge in [0.1, 0.15) is 5.52 Å². The summed E-state index contributed by atoms with van der Waals surface area (Å²) in [5.41, 5.74) is 8.05. The van der Waals surface area contributed by atoms with Crippen LogP contribution in [0.4, 0.5) is 11.7 Å². The van der Waals surface area contributed by atoms with E-state index >= 15 is 0 Å². The van der Waals surface area contributed by atoms with Gasteiger partial charge >= 0.3 is 0 Å². The summed E-state index contributed by atoms with van der Waals surface area (Å²) in [6, 6.07) is 6.64. The zero-order valence-electron chi connectivity index (χ0n) is 10.6. The van der Waals surface area contributed by atoms with Crippen LogP contribution in [-0.4, -0.2) is 17.6 Å². The molecular formula is C13H19N3O. The van der Waals surface area contributed by atoms with Crippen LogP contribution in [0.3, 0.4) is 0 Å². The topological polar surface area (TPSA) is 55.3 Å². The van der Waals surface area contributed by atoms with E-state index in [1.54, 1.807) is 0 Å². The summed E-state index contributed by atoms with van der Waals surface area (Å²) in [6.07, 6.45) is 1.06. The Bertz CT molecular complexity index is 506. The molecule has 0 radical (unpaired) electrons. The number of benzene rings is 1. The van der Waals surface area contributed by atoms with Crippen LogP contribution in [0.15, 0.2) is 22.6 Å². The molecule has 0 aliphatic carbocycles. The molecule has 1 heterocycles. The zero-order chi connectivity index (χ0) is 12.4. The largest absolute Gasteiger partial charge is 0.423 e. The maximum absolute atomic E-state index is 5.76. The molecule has 1 aromatic carbocycles. The summed E-state index contributed by atoms with van der Waals surface area (Å²) < 4.78 is 5.76. The van der Waals surface area contributed by atoms with Crippen molar-refractivity contribution in [2.24, 2.45) is 0 Å². The summed E-state index contributed by atoms with van der Waals surface area (Å²) in [7, 11) is 0. The molecule has 0 aliphatic rings. The van der Waals surface area contributed by atoms with E-state index in [1.165, 1.54) is 0 Å². The molecule has 0 saturated heterocycles. The lowest BCUT2D eigenvalue weighted by atomic mass is 10.2. The lowest BCUT2D eigenvalue weighted by Crippen LogP contribution is -2.32. The third kappa shape index (κ3) is 2.20. The first kappa shape index (κ1) is 11.8. The number of nitrogens with two attached hydrogens (primary N) is 1. The molecule has 0 aliphatic heterocycles. The number of oxazole rings is 1. The third-order valence-electron chi connectivity index (χ3n) is 3.11. The zero-order valence-corrected chi connectivity index (χ0v) is 10.6. The second kappa shape index (κ2) is 4.65. The van der Waals surface area contributed by atoms with E-state index in [1.807, 2.05) is 18.2 Å². The number of aromatic nitrogens is 1. The first-order chi connectivity index (χ1) is 8.15. The molecule has 2 aromatic rings. The molecule has 0 fully saturated rings. The van der Waals surface area contributed by atoms with Gasteiger partial charge in [-0.15, -0.1) is 0 Å². The molecule has 4 heteroatoms. The molecular weight excluding hydrogens is 214 g/mol. The lowest BCUT2D eigenvalue weighted by Gasteiger charge is -2.24. The maximum atomic E-state index is 5.76. The molecule has 0 amide bonds. The van der Waals surface area contributed by atoms with Crippen LogP contribution < -0.4 is 10.6 Å². The number of hydrogen-bond donors (Lipinski definition) is 1. The number of fused-ring (bicyclic) bond motifs is 1. The molecule has 0 saturated carbocycles. The van der Waals surface area contributed by atoms with Crippen molar-refractivity contribution in [3.63, 3.8) is 0 Å². The summed E-state index contributed by atoms with van der Waals surface area (Å²) in [5.74, 6) is 0. The highest BCUT2D eigenvalue weighted by molar-refractivity contribution is 5.78. The maximum Gasteiger partial charge on any atom is 0.298 e. The molecule has 2 N–H and O–H groups in total. The predicted molar refractivity (Wildman–Crippen MR) is 71.2 cm³/mol. The smallest absolute Gasteiger partial charge is 0.298 e. The highest BCUT2D eigenvalue weighted by Crippen LogP contribution is 2.25. The van der Waals surface area contributed by atoms with E-state index in [4.69, 9.17) is 10.2 Å². The monoisotopic (exact) mass is 233 g/mol. The Balaban J connectivity index is 2.41. The summed E-state index contributed by atoms with van der Waals surface area (Å²) in [6.45, 7) is 7.33. The Labute approximate surface area is 101 Å². The number of nitrogens with zero attached hydrogens (tertiary/aromatic N) is 2. The summed E-state index contributed by atoms with van der Waals surface area (Å²) >= 11 is 0. The van der Waals surface area contributed by atoms with Gasteiger partial charge < -0.3 is 15.1 Å². The minimum absolute atomic E-state index is 0.422. The van der Waals surface area contributed by atoms with Crippen LogP contribution in [0.2, 0.25) is 0 Å². The van der Waals surface area contributed by atoms with Crippen molar-refractivity contribution in [2.45, 2.75) is 33.2 Å². The fraction of sp³-hybridized carbons (Fsp3) is 0.462. The first-order valence-corrected chi connectivity index (χ1v) is 6.08. The van der Waals surface area contributed by atoms with Gasteiger partial charge in [0.25, 0.3) is 6.01 Å². The standard InChI is InChI=1S/C13H19N3O/c1-4-9(3)16(5-2)13-15-11-8-10(14)6-7-12(11)17-13/h6-9H,4-5,14H2,1-3H3. The van der Waals surface area contributed by atoms with Crippen LogP contribution in [0.5, 0.6) is 0 Å². The van der Waals surface area contributed by atoms with Crippen molar-refractivity contribution in [2.75, 3.05) is 17.2 Å². The second-order valence-corrected chi connectivity index (χ2v) is 4.27. The normalized spacial score (nSPS) is 12.9. The van der Waals surface area contributed by atoms with E-state index in [2.05, 4.69) is 30.7 Å². The van der Waals surface area contributed by atoms with E-state index in [9.17, 15) is 0 Å². The molecule has 2 rings (SSSR count). The molecule has 0 spiro atoms. The molecule has 17 heavy (non-hydrogen) atoms. The minimum atomic E-state index is 0.422. The van der Waals surface area contributed by atoms with Gasteiger partial charge in [0.15, 0.2) is 5.58 Å². The van der Waals surface area contributed by atoms with Gasteiger partial charge in [-0.3, -0.25) is 0 Å². The van der Waals surface area contributed by atoms with Gasteiger partial charge in [0.05, 0.1) is 0 Å². The van der Waals surface area contributed by atoms with E-state index in [0.717, 1.165) is 24.1 Å². The Kier molecular flexibility index (Phi) is 3.22. The van der Waals surface area contributed by atoms with Crippen LogP contribution in [-0.2, 0) is 0 Å². The number of hydrogen-bond acceptors (Lipinski definition) is 4. The fourth-order valence-corrected chi connectivity index (χ4v) is 1.91. The van der Waals surface area contributed by atoms with Gasteiger partial charge in [0, 0.05) is 18.3 Å². The van der Waals surface area contributed by atoms with Gasteiger partial charge in [-0.1, -0.05) is 6.92 Å². The fourth-order valence-electron chi connectivity index (χ4n) is 1.91. The average Bonchev–Trinajstić information content (AvgIpc) is 2.72. The summed E-state index contributed by atoms with van der Waals surface area (Å²) in [4.78, 5) is 6.66. The van der Waals surface area contributed by atoms with E-state index in [0.29, 0.717) is 17.7 Å². The van der Waals surface area contributed by atoms with E-state index in [-0.39, 0.29) is 0 Å². The Hall–Kier alpha value is -1.71. The predicted octanol–water partition coefficient (Wildman–Crippen LogP) is 3.03. The first-order valence-electron chi connectivity index (χ1n) is 6.08. The molecule has 92 valence electrons. The van der Waals surface area contributed by atoms with Gasteiger partial charge in [-0.05, 0) is 38.5 Å². The SMILES string of the molecule is CCC(C)N(CC)c1nc2cc(N)ccc2o1. The average molecular weight is 233 g/mol. The van der Waals surface area contributed by atoms with Crippen molar-refractivity contribution in [3.05, 3.63) is 18.2 Å². The number of anilines is 2. The van der Waals surface area contributed by atoms with E-state index < -0.39 is 0 Å². The van der Waals surface area contributed by atoms with Crippen LogP contribution in [0.1, 0.15) is 27.2 Å². The molecule has 0 bridgehead atoms. The van der Waals surface area contributed by atoms with Gasteiger partial charge in [-0.25, -0.2) is 0 Å².